The molecule has 0 spiro atoms. The minimum absolute atomic E-state index is 0.223. The molecular formula is C26H24ClF6N3O3. The third kappa shape index (κ3) is 6.84. The van der Waals surface area contributed by atoms with Crippen molar-refractivity contribution in [2.45, 2.75) is 51.1 Å². The van der Waals surface area contributed by atoms with E-state index in [9.17, 15) is 35.9 Å². The minimum atomic E-state index is -4.66. The summed E-state index contributed by atoms with van der Waals surface area (Å²) < 4.78 is 78.1. The number of carbonyl (C=O) groups excluding carboxylic acids is 2. The molecule has 1 atom stereocenters. The molecule has 1 fully saturated rings. The molecule has 210 valence electrons. The van der Waals surface area contributed by atoms with Gasteiger partial charge in [0.15, 0.2) is 5.60 Å². The maximum atomic E-state index is 13.5. The number of hydrogen-bond acceptors (Lipinski definition) is 4. The lowest BCUT2D eigenvalue weighted by Crippen LogP contribution is -2.33. The Morgan fingerprint density at radius 2 is 1.82 bits per heavy atom. The van der Waals surface area contributed by atoms with E-state index >= 15 is 0 Å². The Hall–Kier alpha value is -3.28. The van der Waals surface area contributed by atoms with Crippen molar-refractivity contribution in [1.29, 1.82) is 0 Å². The van der Waals surface area contributed by atoms with Crippen LogP contribution in [-0.4, -0.2) is 59.4 Å². The van der Waals surface area contributed by atoms with Gasteiger partial charge in [-0.25, -0.2) is 0 Å². The van der Waals surface area contributed by atoms with Crippen LogP contribution in [0.25, 0.3) is 0 Å². The van der Waals surface area contributed by atoms with Crippen molar-refractivity contribution in [3.05, 3.63) is 69.2 Å². The normalized spacial score (nSPS) is 19.9. The van der Waals surface area contributed by atoms with Crippen molar-refractivity contribution in [2.75, 3.05) is 19.8 Å². The highest BCUT2D eigenvalue weighted by molar-refractivity contribution is 6.30. The predicted octanol–water partition coefficient (Wildman–Crippen LogP) is 5.99. The summed E-state index contributed by atoms with van der Waals surface area (Å²) in [5.74, 6) is -1.60. The molecule has 0 N–H and O–H groups in total. The monoisotopic (exact) mass is 575 g/mol. The number of rotatable bonds is 6. The van der Waals surface area contributed by atoms with E-state index in [1.807, 2.05) is 13.0 Å². The molecule has 6 nitrogen and oxygen atoms in total. The summed E-state index contributed by atoms with van der Waals surface area (Å²) in [6.45, 7) is 2.02. The van der Waals surface area contributed by atoms with Crippen LogP contribution in [0.1, 0.15) is 52.4 Å². The van der Waals surface area contributed by atoms with E-state index in [2.05, 4.69) is 5.16 Å². The molecule has 0 aromatic heterocycles. The molecule has 4 rings (SSSR count). The lowest BCUT2D eigenvalue weighted by molar-refractivity contribution is -0.142. The fourth-order valence-corrected chi connectivity index (χ4v) is 4.89. The molecule has 0 saturated carbocycles. The number of amides is 2. The number of hydrogen-bond donors (Lipinski definition) is 0. The molecule has 1 unspecified atom stereocenters. The summed E-state index contributed by atoms with van der Waals surface area (Å²) in [5.41, 5.74) is 0.755. The second-order valence-corrected chi connectivity index (χ2v) is 10.3. The minimum Gasteiger partial charge on any atom is -0.384 e. The van der Waals surface area contributed by atoms with Gasteiger partial charge in [0.1, 0.15) is 6.54 Å². The van der Waals surface area contributed by atoms with E-state index in [0.29, 0.717) is 16.3 Å². The van der Waals surface area contributed by atoms with Gasteiger partial charge < -0.3 is 14.6 Å². The molecule has 39 heavy (non-hydrogen) atoms. The molecule has 2 amide bonds. The van der Waals surface area contributed by atoms with Gasteiger partial charge in [-0.05, 0) is 60.4 Å². The average molecular weight is 576 g/mol. The number of benzene rings is 2. The molecule has 2 heterocycles. The van der Waals surface area contributed by atoms with Crippen molar-refractivity contribution in [2.24, 2.45) is 5.16 Å². The van der Waals surface area contributed by atoms with Gasteiger partial charge in [-0.3, -0.25) is 9.59 Å². The van der Waals surface area contributed by atoms with Crippen LogP contribution >= 0.6 is 11.6 Å². The molecule has 2 aromatic carbocycles. The van der Waals surface area contributed by atoms with Crippen LogP contribution in [0.2, 0.25) is 5.02 Å². The topological polar surface area (TPSA) is 62.2 Å². The maximum absolute atomic E-state index is 13.5. The third-order valence-electron chi connectivity index (χ3n) is 6.55. The average Bonchev–Trinajstić information content (AvgIpc) is 3.39. The van der Waals surface area contributed by atoms with Crippen LogP contribution in [0, 0.1) is 6.92 Å². The predicted molar refractivity (Wildman–Crippen MR) is 130 cm³/mol. The first kappa shape index (κ1) is 28.7. The fraction of sp³-hybridized carbons (Fsp3) is 0.423. The van der Waals surface area contributed by atoms with Crippen molar-refractivity contribution >= 4 is 29.1 Å². The Labute approximate surface area is 225 Å². The van der Waals surface area contributed by atoms with Crippen LogP contribution in [-0.2, 0) is 21.7 Å². The van der Waals surface area contributed by atoms with E-state index in [1.54, 1.807) is 19.1 Å². The maximum Gasteiger partial charge on any atom is 0.393 e. The van der Waals surface area contributed by atoms with Crippen molar-refractivity contribution in [3.8, 4) is 0 Å². The Morgan fingerprint density at radius 1 is 1.10 bits per heavy atom. The molecule has 1 saturated heterocycles. The van der Waals surface area contributed by atoms with Crippen LogP contribution < -0.4 is 0 Å². The zero-order chi connectivity index (χ0) is 28.8. The summed E-state index contributed by atoms with van der Waals surface area (Å²) >= 11 is 6.17. The van der Waals surface area contributed by atoms with Gasteiger partial charge in [0.05, 0.1) is 25.2 Å². The summed E-state index contributed by atoms with van der Waals surface area (Å²) in [6.07, 6.45) is -11.6. The molecular weight excluding hydrogens is 552 g/mol. The van der Waals surface area contributed by atoms with Crippen molar-refractivity contribution in [1.82, 2.24) is 9.80 Å². The SMILES string of the molecule is Cc1cc(Cl)cc(C2(C)CC(c3ccc(C(=O)N4CC(=O)N(CCC(F)(F)F)C4)c(CC(F)(F)F)c3)=NO2)c1. The Bertz CT molecular complexity index is 1310. The van der Waals surface area contributed by atoms with Crippen molar-refractivity contribution < 1.29 is 40.8 Å². The van der Waals surface area contributed by atoms with E-state index in [1.165, 1.54) is 18.2 Å². The number of nitrogens with zero attached hydrogens (tertiary/aromatic N) is 3. The van der Waals surface area contributed by atoms with Gasteiger partial charge in [0.25, 0.3) is 5.91 Å². The highest BCUT2D eigenvalue weighted by Gasteiger charge is 2.39. The smallest absolute Gasteiger partial charge is 0.384 e. The highest BCUT2D eigenvalue weighted by atomic mass is 35.5. The van der Waals surface area contributed by atoms with E-state index in [-0.39, 0.29) is 17.5 Å². The molecule has 0 aliphatic carbocycles. The Kier molecular flexibility index (Phi) is 7.63. The number of alkyl halides is 6. The Morgan fingerprint density at radius 3 is 2.46 bits per heavy atom. The van der Waals surface area contributed by atoms with Crippen LogP contribution in [0.15, 0.2) is 41.6 Å². The Balaban J connectivity index is 1.57. The largest absolute Gasteiger partial charge is 0.393 e. The fourth-order valence-electron chi connectivity index (χ4n) is 4.60. The second-order valence-electron chi connectivity index (χ2n) is 9.88. The molecule has 2 aliphatic heterocycles. The quantitative estimate of drug-likeness (QED) is 0.398. The summed E-state index contributed by atoms with van der Waals surface area (Å²) in [7, 11) is 0. The first-order chi connectivity index (χ1) is 18.0. The van der Waals surface area contributed by atoms with E-state index in [4.69, 9.17) is 16.4 Å². The summed E-state index contributed by atoms with van der Waals surface area (Å²) in [4.78, 5) is 32.7. The third-order valence-corrected chi connectivity index (χ3v) is 6.77. The summed E-state index contributed by atoms with van der Waals surface area (Å²) in [6, 6.07) is 9.22. The molecule has 0 bridgehead atoms. The van der Waals surface area contributed by atoms with Gasteiger partial charge in [-0.15, -0.1) is 0 Å². The lowest BCUT2D eigenvalue weighted by Gasteiger charge is -2.23. The van der Waals surface area contributed by atoms with Crippen LogP contribution in [0.3, 0.4) is 0 Å². The molecule has 2 aliphatic rings. The zero-order valence-corrected chi connectivity index (χ0v) is 21.7. The number of halogens is 7. The number of carbonyl (C=O) groups is 2. The van der Waals surface area contributed by atoms with E-state index < -0.39 is 62.4 Å². The highest BCUT2D eigenvalue weighted by Crippen LogP contribution is 2.38. The second kappa shape index (κ2) is 10.4. The lowest BCUT2D eigenvalue weighted by atomic mass is 9.87. The van der Waals surface area contributed by atoms with Crippen molar-refractivity contribution in [3.63, 3.8) is 0 Å². The first-order valence-corrected chi connectivity index (χ1v) is 12.3. The molecule has 0 radical (unpaired) electrons. The van der Waals surface area contributed by atoms with Crippen LogP contribution in [0.5, 0.6) is 0 Å². The van der Waals surface area contributed by atoms with Gasteiger partial charge in [-0.2, -0.15) is 26.3 Å². The van der Waals surface area contributed by atoms with Gasteiger partial charge >= 0.3 is 12.4 Å². The summed E-state index contributed by atoms with van der Waals surface area (Å²) in [5, 5.41) is 4.59. The van der Waals surface area contributed by atoms with Gasteiger partial charge in [0, 0.05) is 23.6 Å². The number of aryl methyl sites for hydroxylation is 1. The standard InChI is InChI=1S/C26H24ClF6N3O3/c1-15-7-18(10-19(27)8-15)24(2)12-21(34-39-24)16-3-4-20(17(9-16)11-26(31,32)33)23(38)36-13-22(37)35(14-36)6-5-25(28,29)30/h3-4,7-10H,5-6,11-14H2,1-2H3. The number of oxime groups is 1. The van der Waals surface area contributed by atoms with Gasteiger partial charge in [-0.1, -0.05) is 28.9 Å². The first-order valence-electron chi connectivity index (χ1n) is 11.9. The van der Waals surface area contributed by atoms with Gasteiger partial charge in [0.2, 0.25) is 5.91 Å². The molecule has 2 aromatic rings. The van der Waals surface area contributed by atoms with Crippen LogP contribution in [0.4, 0.5) is 26.3 Å². The van der Waals surface area contributed by atoms with E-state index in [0.717, 1.165) is 20.9 Å². The zero-order valence-electron chi connectivity index (χ0n) is 20.9. The molecule has 13 heteroatoms.